The van der Waals surface area contributed by atoms with Gasteiger partial charge in [0, 0.05) is 44.3 Å². The number of carbonyl (C=O) groups is 1. The summed E-state index contributed by atoms with van der Waals surface area (Å²) in [6.07, 6.45) is -1.93. The molecular formula is C25H29F5N4O6S. The zero-order valence-electron chi connectivity index (χ0n) is 22.4. The number of alkyl halides is 4. The molecule has 0 aliphatic carbocycles. The molecule has 2 aliphatic rings. The number of aromatic nitrogens is 2. The molecule has 1 amide bonds. The monoisotopic (exact) mass is 608 g/mol. The fraction of sp³-hybridized carbons (Fsp3) is 0.560. The second-order valence-electron chi connectivity index (χ2n) is 9.88. The number of hydrogen-bond donors (Lipinski definition) is 1. The van der Waals surface area contributed by atoms with Crippen LogP contribution in [0.25, 0.3) is 0 Å². The van der Waals surface area contributed by atoms with Crippen LogP contribution in [-0.2, 0) is 47.6 Å². The fourth-order valence-corrected chi connectivity index (χ4v) is 5.14. The van der Waals surface area contributed by atoms with E-state index >= 15 is 8.78 Å². The number of ether oxygens (including phenoxy) is 2. The molecule has 0 bridgehead atoms. The van der Waals surface area contributed by atoms with Gasteiger partial charge >= 0.3 is 5.92 Å². The van der Waals surface area contributed by atoms with Crippen molar-refractivity contribution in [1.82, 2.24) is 14.9 Å². The van der Waals surface area contributed by atoms with E-state index in [2.05, 4.69) is 19.5 Å². The third-order valence-electron chi connectivity index (χ3n) is 7.05. The Balaban J connectivity index is 1.71. The van der Waals surface area contributed by atoms with Crippen LogP contribution in [0, 0.1) is 5.82 Å². The van der Waals surface area contributed by atoms with Crippen LogP contribution in [0.1, 0.15) is 60.4 Å². The standard InChI is InChI=1S/C25H29F5N4O6S/c1-14(15-5-4-6-16(19(15)26)20(27)28)31-21-17-11-34(23(35)24(38-2)7-9-39-10-8-24)12-18(17)32-22(33-21)25(29,30)13-40-41(3,36)37/h4-6,14,20H,7-13H2,1-3H3,(H,31,32,33)/t14-/m1/s1. The van der Waals surface area contributed by atoms with Crippen molar-refractivity contribution in [2.45, 2.75) is 56.8 Å². The van der Waals surface area contributed by atoms with Gasteiger partial charge in [0.25, 0.3) is 22.5 Å². The molecule has 1 atom stereocenters. The molecule has 1 N–H and O–H groups in total. The first-order valence-electron chi connectivity index (χ1n) is 12.5. The molecule has 1 saturated heterocycles. The van der Waals surface area contributed by atoms with Crippen LogP contribution in [0.2, 0.25) is 0 Å². The molecule has 1 aromatic carbocycles. The predicted molar refractivity (Wildman–Crippen MR) is 134 cm³/mol. The van der Waals surface area contributed by atoms with Crippen LogP contribution in [0.5, 0.6) is 0 Å². The number of nitrogens with zero attached hydrogens (tertiary/aromatic N) is 3. The number of methoxy groups -OCH3 is 1. The van der Waals surface area contributed by atoms with E-state index in [0.29, 0.717) is 6.26 Å². The van der Waals surface area contributed by atoms with Crippen LogP contribution in [-0.4, -0.2) is 68.0 Å². The number of carbonyl (C=O) groups excluding carboxylic acids is 1. The summed E-state index contributed by atoms with van der Waals surface area (Å²) in [5.74, 6) is -6.86. The van der Waals surface area contributed by atoms with E-state index in [0.717, 1.165) is 6.07 Å². The lowest BCUT2D eigenvalue weighted by atomic mass is 9.92. The maximum Gasteiger partial charge on any atom is 0.330 e. The third kappa shape index (κ3) is 6.60. The molecule has 2 aliphatic heterocycles. The molecule has 10 nitrogen and oxygen atoms in total. The Hall–Kier alpha value is -2.95. The summed E-state index contributed by atoms with van der Waals surface area (Å²) in [5, 5.41) is 2.80. The number of halogens is 5. The van der Waals surface area contributed by atoms with E-state index in [4.69, 9.17) is 9.47 Å². The normalized spacial score (nSPS) is 17.9. The highest BCUT2D eigenvalue weighted by Crippen LogP contribution is 2.37. The summed E-state index contributed by atoms with van der Waals surface area (Å²) in [6.45, 7) is 0.0962. The molecule has 1 fully saturated rings. The van der Waals surface area contributed by atoms with Crippen molar-refractivity contribution in [2.75, 3.05) is 38.5 Å². The summed E-state index contributed by atoms with van der Waals surface area (Å²) >= 11 is 0. The number of anilines is 1. The summed E-state index contributed by atoms with van der Waals surface area (Å²) < 4.78 is 109. The maximum atomic E-state index is 15.1. The summed E-state index contributed by atoms with van der Waals surface area (Å²) in [4.78, 5) is 22.7. The Morgan fingerprint density at radius 3 is 2.46 bits per heavy atom. The van der Waals surface area contributed by atoms with Gasteiger partial charge in [-0.25, -0.2) is 23.1 Å². The van der Waals surface area contributed by atoms with Crippen molar-refractivity contribution < 1.29 is 48.8 Å². The average Bonchev–Trinajstić information content (AvgIpc) is 3.36. The van der Waals surface area contributed by atoms with Gasteiger partial charge in [-0.15, -0.1) is 0 Å². The number of nitrogens with one attached hydrogen (secondary N) is 1. The minimum atomic E-state index is -4.23. The summed E-state index contributed by atoms with van der Waals surface area (Å²) in [7, 11) is -2.84. The molecule has 16 heteroatoms. The minimum absolute atomic E-state index is 0.0391. The van der Waals surface area contributed by atoms with Crippen LogP contribution < -0.4 is 5.32 Å². The molecule has 4 rings (SSSR count). The molecule has 0 saturated carbocycles. The average molecular weight is 609 g/mol. The predicted octanol–water partition coefficient (Wildman–Crippen LogP) is 3.83. The second kappa shape index (κ2) is 11.7. The van der Waals surface area contributed by atoms with Crippen molar-refractivity contribution in [2.24, 2.45) is 0 Å². The van der Waals surface area contributed by atoms with Crippen molar-refractivity contribution >= 4 is 21.8 Å². The summed E-state index contributed by atoms with van der Waals surface area (Å²) in [5.41, 5.74) is -1.90. The van der Waals surface area contributed by atoms with Gasteiger partial charge in [0.1, 0.15) is 18.2 Å². The van der Waals surface area contributed by atoms with E-state index in [1.807, 2.05) is 0 Å². The number of hydrogen-bond acceptors (Lipinski definition) is 9. The quantitative estimate of drug-likeness (QED) is 0.317. The van der Waals surface area contributed by atoms with Gasteiger partial charge in [-0.1, -0.05) is 18.2 Å². The van der Waals surface area contributed by atoms with E-state index < -0.39 is 63.8 Å². The molecule has 0 unspecified atom stereocenters. The van der Waals surface area contributed by atoms with Crippen molar-refractivity contribution in [3.63, 3.8) is 0 Å². The summed E-state index contributed by atoms with van der Waals surface area (Å²) in [6, 6.07) is 2.40. The van der Waals surface area contributed by atoms with Gasteiger partial charge in [0.15, 0.2) is 5.60 Å². The van der Waals surface area contributed by atoms with Gasteiger partial charge in [0.2, 0.25) is 5.82 Å². The molecular weight excluding hydrogens is 579 g/mol. The van der Waals surface area contributed by atoms with Crippen LogP contribution in [0.4, 0.5) is 27.8 Å². The first kappa shape index (κ1) is 31.0. The number of rotatable bonds is 10. The Kier molecular flexibility index (Phi) is 8.87. The fourth-order valence-electron chi connectivity index (χ4n) is 4.78. The van der Waals surface area contributed by atoms with Gasteiger partial charge in [-0.3, -0.25) is 8.98 Å². The Labute approximate surface area is 233 Å². The van der Waals surface area contributed by atoms with E-state index in [-0.39, 0.29) is 61.8 Å². The van der Waals surface area contributed by atoms with Crippen molar-refractivity contribution in [3.8, 4) is 0 Å². The lowest BCUT2D eigenvalue weighted by molar-refractivity contribution is -0.167. The molecule has 0 spiro atoms. The molecule has 0 radical (unpaired) electrons. The highest BCUT2D eigenvalue weighted by molar-refractivity contribution is 7.85. The van der Waals surface area contributed by atoms with Gasteiger partial charge < -0.3 is 19.7 Å². The molecule has 2 aromatic rings. The Bertz CT molecular complexity index is 1410. The third-order valence-corrected chi connectivity index (χ3v) is 7.59. The molecule has 1 aromatic heterocycles. The first-order chi connectivity index (χ1) is 19.2. The van der Waals surface area contributed by atoms with E-state index in [9.17, 15) is 26.4 Å². The number of benzene rings is 1. The SMILES string of the molecule is COC1(C(=O)N2Cc3nc(C(F)(F)COS(C)(=O)=O)nc(N[C@H](C)c4cccc(C(F)F)c4F)c3C2)CCOCC1. The largest absolute Gasteiger partial charge is 0.381 e. The van der Waals surface area contributed by atoms with Gasteiger partial charge in [0.05, 0.1) is 36.6 Å². The highest BCUT2D eigenvalue weighted by atomic mass is 32.2. The Morgan fingerprint density at radius 1 is 1.20 bits per heavy atom. The topological polar surface area (TPSA) is 120 Å². The lowest BCUT2D eigenvalue weighted by Gasteiger charge is -2.37. The molecule has 41 heavy (non-hydrogen) atoms. The number of fused-ring (bicyclic) bond motifs is 1. The highest BCUT2D eigenvalue weighted by Gasteiger charge is 2.46. The Morgan fingerprint density at radius 2 is 1.85 bits per heavy atom. The maximum absolute atomic E-state index is 15.1. The van der Waals surface area contributed by atoms with Crippen LogP contribution in [0.15, 0.2) is 18.2 Å². The number of amides is 1. The van der Waals surface area contributed by atoms with E-state index in [1.54, 1.807) is 0 Å². The van der Waals surface area contributed by atoms with Crippen molar-refractivity contribution in [1.29, 1.82) is 0 Å². The lowest BCUT2D eigenvalue weighted by Crippen LogP contribution is -2.51. The van der Waals surface area contributed by atoms with Crippen molar-refractivity contribution in [3.05, 3.63) is 52.2 Å². The van der Waals surface area contributed by atoms with Crippen LogP contribution >= 0.6 is 0 Å². The molecule has 3 heterocycles. The zero-order chi connectivity index (χ0) is 30.2. The second-order valence-corrected chi connectivity index (χ2v) is 11.5. The van der Waals surface area contributed by atoms with Gasteiger partial charge in [-0.2, -0.15) is 17.2 Å². The van der Waals surface area contributed by atoms with Crippen LogP contribution in [0.3, 0.4) is 0 Å². The smallest absolute Gasteiger partial charge is 0.330 e. The minimum Gasteiger partial charge on any atom is -0.381 e. The molecule has 226 valence electrons. The first-order valence-corrected chi connectivity index (χ1v) is 14.4. The van der Waals surface area contributed by atoms with Gasteiger partial charge in [-0.05, 0) is 6.92 Å². The van der Waals surface area contributed by atoms with E-state index in [1.165, 1.54) is 31.1 Å². The zero-order valence-corrected chi connectivity index (χ0v) is 23.2.